The zero-order valence-electron chi connectivity index (χ0n) is 12.9. The molecule has 0 fully saturated rings. The standard InChI is InChI=1S/C17H20N2O3S/c1-19(9-10-20)15-6-4-14(5-7-15)18-17(21)8-12-23-13-16-3-2-11-22-16/h2-8,11-12,20H,9-10,13H2,1H3,(H,18,21)/b12-8+. The normalized spacial score (nSPS) is 10.9. The van der Waals surface area contributed by atoms with Crippen molar-refractivity contribution in [2.45, 2.75) is 5.75 Å². The van der Waals surface area contributed by atoms with Gasteiger partial charge in [0.15, 0.2) is 0 Å². The van der Waals surface area contributed by atoms with Gasteiger partial charge in [0.25, 0.3) is 0 Å². The summed E-state index contributed by atoms with van der Waals surface area (Å²) in [4.78, 5) is 13.8. The molecule has 5 nitrogen and oxygen atoms in total. The number of aliphatic hydroxyl groups excluding tert-OH is 1. The van der Waals surface area contributed by atoms with E-state index in [1.165, 1.54) is 17.8 Å². The summed E-state index contributed by atoms with van der Waals surface area (Å²) in [6.45, 7) is 0.677. The third-order valence-electron chi connectivity index (χ3n) is 3.13. The minimum absolute atomic E-state index is 0.107. The van der Waals surface area contributed by atoms with Crippen LogP contribution in [0, 0.1) is 0 Å². The first-order valence-electron chi connectivity index (χ1n) is 7.22. The van der Waals surface area contributed by atoms with Crippen molar-refractivity contribution in [2.75, 3.05) is 30.4 Å². The predicted octanol–water partition coefficient (Wildman–Crippen LogP) is 3.09. The van der Waals surface area contributed by atoms with Crippen LogP contribution in [0.5, 0.6) is 0 Å². The van der Waals surface area contributed by atoms with Gasteiger partial charge in [0, 0.05) is 31.0 Å². The number of nitrogens with zero attached hydrogens (tertiary/aromatic N) is 1. The summed E-state index contributed by atoms with van der Waals surface area (Å²) in [5.41, 5.74) is 1.72. The van der Waals surface area contributed by atoms with E-state index < -0.39 is 0 Å². The highest BCUT2D eigenvalue weighted by Crippen LogP contribution is 2.17. The number of anilines is 2. The highest BCUT2D eigenvalue weighted by molar-refractivity contribution is 8.01. The molecule has 0 saturated carbocycles. The van der Waals surface area contributed by atoms with Crippen LogP contribution >= 0.6 is 11.8 Å². The zero-order valence-corrected chi connectivity index (χ0v) is 13.8. The lowest BCUT2D eigenvalue weighted by atomic mass is 10.2. The van der Waals surface area contributed by atoms with E-state index in [9.17, 15) is 4.79 Å². The van der Waals surface area contributed by atoms with E-state index in [2.05, 4.69) is 5.32 Å². The lowest BCUT2D eigenvalue weighted by Gasteiger charge is -2.18. The zero-order chi connectivity index (χ0) is 16.5. The van der Waals surface area contributed by atoms with Crippen LogP contribution < -0.4 is 10.2 Å². The van der Waals surface area contributed by atoms with Crippen LogP contribution in [0.1, 0.15) is 5.76 Å². The number of carbonyl (C=O) groups is 1. The number of amides is 1. The van der Waals surface area contributed by atoms with Crippen LogP contribution in [0.2, 0.25) is 0 Å². The third-order valence-corrected chi connectivity index (χ3v) is 3.91. The van der Waals surface area contributed by atoms with Gasteiger partial charge in [-0.25, -0.2) is 0 Å². The average Bonchev–Trinajstić information content (AvgIpc) is 3.06. The second kappa shape index (κ2) is 9.07. The number of thioether (sulfide) groups is 1. The summed E-state index contributed by atoms with van der Waals surface area (Å²) >= 11 is 1.50. The maximum Gasteiger partial charge on any atom is 0.248 e. The molecule has 1 aromatic carbocycles. The molecule has 0 atom stereocenters. The van der Waals surface area contributed by atoms with E-state index in [0.717, 1.165) is 17.1 Å². The Morgan fingerprint density at radius 2 is 2.13 bits per heavy atom. The monoisotopic (exact) mass is 332 g/mol. The van der Waals surface area contributed by atoms with Crippen molar-refractivity contribution in [1.29, 1.82) is 0 Å². The average molecular weight is 332 g/mol. The molecular weight excluding hydrogens is 312 g/mol. The maximum absolute atomic E-state index is 11.8. The molecule has 1 amide bonds. The van der Waals surface area contributed by atoms with Crippen LogP contribution in [-0.2, 0) is 10.5 Å². The summed E-state index contributed by atoms with van der Waals surface area (Å²) in [7, 11) is 1.91. The smallest absolute Gasteiger partial charge is 0.248 e. The number of carbonyl (C=O) groups excluding carboxylic acids is 1. The van der Waals surface area contributed by atoms with E-state index in [1.807, 2.05) is 48.3 Å². The van der Waals surface area contributed by atoms with E-state index >= 15 is 0 Å². The number of hydrogen-bond donors (Lipinski definition) is 2. The molecule has 1 aromatic heterocycles. The van der Waals surface area contributed by atoms with Crippen molar-refractivity contribution >= 4 is 29.0 Å². The van der Waals surface area contributed by atoms with Crippen molar-refractivity contribution in [3.63, 3.8) is 0 Å². The Balaban J connectivity index is 1.78. The fraction of sp³-hybridized carbons (Fsp3) is 0.235. The Labute approximate surface area is 140 Å². The van der Waals surface area contributed by atoms with Gasteiger partial charge in [-0.05, 0) is 41.8 Å². The van der Waals surface area contributed by atoms with E-state index in [0.29, 0.717) is 12.3 Å². The molecule has 0 aliphatic carbocycles. The van der Waals surface area contributed by atoms with Crippen molar-refractivity contribution in [2.24, 2.45) is 0 Å². The van der Waals surface area contributed by atoms with Gasteiger partial charge in [0.1, 0.15) is 5.76 Å². The first-order valence-corrected chi connectivity index (χ1v) is 8.27. The van der Waals surface area contributed by atoms with Crippen LogP contribution in [0.15, 0.2) is 58.6 Å². The SMILES string of the molecule is CN(CCO)c1ccc(NC(=O)/C=C/SCc2ccco2)cc1. The van der Waals surface area contributed by atoms with Gasteiger partial charge in [-0.1, -0.05) is 0 Å². The van der Waals surface area contributed by atoms with Gasteiger partial charge >= 0.3 is 0 Å². The van der Waals surface area contributed by atoms with Crippen LogP contribution in [0.25, 0.3) is 0 Å². The van der Waals surface area contributed by atoms with E-state index in [4.69, 9.17) is 9.52 Å². The molecule has 23 heavy (non-hydrogen) atoms. The number of furan rings is 1. The third kappa shape index (κ3) is 5.84. The maximum atomic E-state index is 11.8. The second-order valence-electron chi connectivity index (χ2n) is 4.87. The molecule has 0 aliphatic heterocycles. The molecule has 2 N–H and O–H groups in total. The molecule has 2 aromatic rings. The van der Waals surface area contributed by atoms with Gasteiger partial charge in [0.05, 0.1) is 18.6 Å². The summed E-state index contributed by atoms with van der Waals surface area (Å²) in [5.74, 6) is 1.40. The Morgan fingerprint density at radius 1 is 1.35 bits per heavy atom. The Morgan fingerprint density at radius 3 is 2.78 bits per heavy atom. The van der Waals surface area contributed by atoms with Crippen molar-refractivity contribution in [3.05, 3.63) is 59.9 Å². The number of aliphatic hydroxyl groups is 1. The van der Waals surface area contributed by atoms with Crippen LogP contribution in [-0.4, -0.2) is 31.2 Å². The molecule has 0 saturated heterocycles. The fourth-order valence-electron chi connectivity index (χ4n) is 1.90. The topological polar surface area (TPSA) is 65.7 Å². The van der Waals surface area contributed by atoms with Gasteiger partial charge < -0.3 is 19.7 Å². The molecule has 0 spiro atoms. The van der Waals surface area contributed by atoms with Crippen molar-refractivity contribution in [1.82, 2.24) is 0 Å². The first-order chi connectivity index (χ1) is 11.2. The Kier molecular flexibility index (Phi) is 6.77. The summed E-state index contributed by atoms with van der Waals surface area (Å²) in [6.07, 6.45) is 3.13. The summed E-state index contributed by atoms with van der Waals surface area (Å²) in [6, 6.07) is 11.2. The molecule has 1 heterocycles. The predicted molar refractivity (Wildman–Crippen MR) is 94.6 cm³/mol. The fourth-order valence-corrected chi connectivity index (χ4v) is 2.54. The number of rotatable bonds is 8. The largest absolute Gasteiger partial charge is 0.468 e. The van der Waals surface area contributed by atoms with Crippen molar-refractivity contribution < 1.29 is 14.3 Å². The molecule has 0 unspecified atom stereocenters. The summed E-state index contributed by atoms with van der Waals surface area (Å²) < 4.78 is 5.21. The van der Waals surface area contributed by atoms with Crippen LogP contribution in [0.4, 0.5) is 11.4 Å². The van der Waals surface area contributed by atoms with Gasteiger partial charge in [0.2, 0.25) is 5.91 Å². The molecular formula is C17H20N2O3S. The summed E-state index contributed by atoms with van der Waals surface area (Å²) in [5, 5.41) is 13.5. The highest BCUT2D eigenvalue weighted by atomic mass is 32.2. The molecule has 6 heteroatoms. The number of hydrogen-bond acceptors (Lipinski definition) is 5. The van der Waals surface area contributed by atoms with E-state index in [1.54, 1.807) is 11.7 Å². The lowest BCUT2D eigenvalue weighted by molar-refractivity contribution is -0.111. The number of likely N-dealkylation sites (N-methyl/N-ethyl adjacent to an activating group) is 1. The molecule has 0 bridgehead atoms. The molecule has 2 rings (SSSR count). The molecule has 0 radical (unpaired) electrons. The highest BCUT2D eigenvalue weighted by Gasteiger charge is 2.02. The van der Waals surface area contributed by atoms with E-state index in [-0.39, 0.29) is 12.5 Å². The van der Waals surface area contributed by atoms with Crippen molar-refractivity contribution in [3.8, 4) is 0 Å². The molecule has 0 aliphatic rings. The number of nitrogens with one attached hydrogen (secondary N) is 1. The minimum atomic E-state index is -0.173. The van der Waals surface area contributed by atoms with Gasteiger partial charge in [-0.15, -0.1) is 11.8 Å². The quantitative estimate of drug-likeness (QED) is 0.727. The first kappa shape index (κ1) is 17.2. The lowest BCUT2D eigenvalue weighted by Crippen LogP contribution is -2.20. The Hall–Kier alpha value is -2.18. The van der Waals surface area contributed by atoms with Crippen LogP contribution in [0.3, 0.4) is 0 Å². The molecule has 122 valence electrons. The van der Waals surface area contributed by atoms with Gasteiger partial charge in [-0.2, -0.15) is 0 Å². The Bertz CT molecular complexity index is 624. The van der Waals surface area contributed by atoms with Gasteiger partial charge in [-0.3, -0.25) is 4.79 Å². The number of benzene rings is 1. The minimum Gasteiger partial charge on any atom is -0.468 e. The second-order valence-corrected chi connectivity index (χ2v) is 5.77.